The van der Waals surface area contributed by atoms with Crippen molar-refractivity contribution in [3.63, 3.8) is 0 Å². The maximum atomic E-state index is 6.35. The zero-order valence-corrected chi connectivity index (χ0v) is 28.1. The number of nitrogens with zero attached hydrogens (tertiary/aromatic N) is 5. The molecule has 0 fully saturated rings. The molecule has 6 heteroatoms. The average molecular weight is 604 g/mol. The molecule has 0 amide bonds. The highest BCUT2D eigenvalue weighted by molar-refractivity contribution is 6.49. The van der Waals surface area contributed by atoms with E-state index in [0.717, 1.165) is 59.9 Å². The number of fused-ring (bicyclic) bond motifs is 3. The largest absolute Gasteiger partial charge is 0.372 e. The van der Waals surface area contributed by atoms with Crippen molar-refractivity contribution in [3.05, 3.63) is 52.8 Å². The number of hydrogen-bond donors (Lipinski definition) is 0. The van der Waals surface area contributed by atoms with E-state index < -0.39 is 0 Å². The monoisotopic (exact) mass is 603 g/mol. The zero-order valence-electron chi connectivity index (χ0n) is 27.3. The van der Waals surface area contributed by atoms with Crippen molar-refractivity contribution in [2.45, 2.75) is 130 Å². The molecule has 234 valence electrons. The molecule has 0 saturated heterocycles. The molecule has 0 atom stereocenters. The van der Waals surface area contributed by atoms with E-state index >= 15 is 0 Å². The third-order valence-electron chi connectivity index (χ3n) is 8.86. The Hall–Kier alpha value is -2.66. The molecule has 5 nitrogen and oxygen atoms in total. The van der Waals surface area contributed by atoms with E-state index in [2.05, 4.69) is 50.8 Å². The van der Waals surface area contributed by atoms with Gasteiger partial charge in [-0.15, -0.1) is 0 Å². The van der Waals surface area contributed by atoms with Crippen LogP contribution in [0.15, 0.2) is 46.5 Å². The van der Waals surface area contributed by atoms with E-state index in [1.165, 1.54) is 101 Å². The summed E-state index contributed by atoms with van der Waals surface area (Å²) in [6, 6.07) is 12.4. The van der Waals surface area contributed by atoms with Crippen molar-refractivity contribution in [1.29, 1.82) is 0 Å². The Balaban J connectivity index is 1.30. The number of unbranched alkanes of at least 4 members (excludes halogenated alkanes) is 14. The third-order valence-corrected chi connectivity index (χ3v) is 9.09. The van der Waals surface area contributed by atoms with Gasteiger partial charge in [0, 0.05) is 23.8 Å². The van der Waals surface area contributed by atoms with Crippen LogP contribution in [-0.4, -0.2) is 34.2 Å². The lowest BCUT2D eigenvalue weighted by molar-refractivity contribution is 0.533. The quantitative estimate of drug-likeness (QED) is 0.121. The van der Waals surface area contributed by atoms with Crippen LogP contribution < -0.4 is 4.90 Å². The number of imidazole rings is 1. The molecule has 0 spiro atoms. The number of rotatable bonds is 20. The fourth-order valence-corrected chi connectivity index (χ4v) is 6.37. The average Bonchev–Trinajstić information content (AvgIpc) is 3.52. The summed E-state index contributed by atoms with van der Waals surface area (Å²) in [5.41, 5.74) is 7.16. The van der Waals surface area contributed by atoms with Crippen molar-refractivity contribution < 1.29 is 0 Å². The summed E-state index contributed by atoms with van der Waals surface area (Å²) in [6.45, 7) is 10.8. The summed E-state index contributed by atoms with van der Waals surface area (Å²) >= 11 is 6.35. The summed E-state index contributed by atoms with van der Waals surface area (Å²) < 4.78 is 1.94. The van der Waals surface area contributed by atoms with Gasteiger partial charge in [0.05, 0.1) is 22.4 Å². The standard InChI is InChI=1S/C37H54ClN5/c1-5-8-9-10-11-12-13-14-15-16-17-18-19-20-21-22-34-36(37-40-33-25-23-30(38)28-35(33)43(37)41-34)39-32-26-24-31(27-29(32)4)42(6-2)7-3/h23-28H,5-22H2,1-4H3. The highest BCUT2D eigenvalue weighted by atomic mass is 35.5. The molecule has 4 rings (SSSR count). The topological polar surface area (TPSA) is 45.8 Å². The maximum Gasteiger partial charge on any atom is 0.182 e. The molecule has 0 bridgehead atoms. The van der Waals surface area contributed by atoms with Crippen LogP contribution >= 0.6 is 11.6 Å². The van der Waals surface area contributed by atoms with Crippen LogP contribution in [0.3, 0.4) is 0 Å². The smallest absolute Gasteiger partial charge is 0.182 e. The van der Waals surface area contributed by atoms with Crippen LogP contribution in [0.5, 0.6) is 0 Å². The van der Waals surface area contributed by atoms with Crippen molar-refractivity contribution >= 4 is 45.4 Å². The van der Waals surface area contributed by atoms with Crippen LogP contribution in [0.4, 0.5) is 11.4 Å². The normalized spacial score (nSPS) is 13.7. The van der Waals surface area contributed by atoms with E-state index in [4.69, 9.17) is 26.7 Å². The molecule has 2 aromatic carbocycles. The molecule has 0 radical (unpaired) electrons. The van der Waals surface area contributed by atoms with Gasteiger partial charge in [-0.25, -0.2) is 14.7 Å². The second-order valence-electron chi connectivity index (χ2n) is 12.2. The van der Waals surface area contributed by atoms with Gasteiger partial charge in [-0.05, 0) is 75.6 Å². The summed E-state index contributed by atoms with van der Waals surface area (Å²) in [5.74, 6) is 0.820. The Kier molecular flexibility index (Phi) is 13.6. The molecular weight excluding hydrogens is 550 g/mol. The number of benzene rings is 2. The van der Waals surface area contributed by atoms with Crippen LogP contribution in [-0.2, 0) is 0 Å². The molecule has 1 aliphatic heterocycles. The first kappa shape index (κ1) is 33.2. The second kappa shape index (κ2) is 17.6. The third kappa shape index (κ3) is 9.41. The van der Waals surface area contributed by atoms with Crippen molar-refractivity contribution in [3.8, 4) is 0 Å². The van der Waals surface area contributed by atoms with Crippen molar-refractivity contribution in [2.75, 3.05) is 18.0 Å². The van der Waals surface area contributed by atoms with Gasteiger partial charge >= 0.3 is 0 Å². The summed E-state index contributed by atoms with van der Waals surface area (Å²) in [5, 5.41) is 5.73. The Labute approximate surface area is 265 Å². The highest BCUT2D eigenvalue weighted by Crippen LogP contribution is 2.30. The zero-order chi connectivity index (χ0) is 30.4. The van der Waals surface area contributed by atoms with Crippen LogP contribution in [0, 0.1) is 6.92 Å². The van der Waals surface area contributed by atoms with E-state index in [9.17, 15) is 0 Å². The predicted octanol–water partition coefficient (Wildman–Crippen LogP) is 11.4. The van der Waals surface area contributed by atoms with Gasteiger partial charge in [0.15, 0.2) is 5.82 Å². The second-order valence-corrected chi connectivity index (χ2v) is 12.7. The molecule has 3 aromatic rings. The SMILES string of the molecule is CCCCCCCCCCCCCCCCCC1=Nn2c(nc3ccc(Cl)cc32)C1=Nc1ccc(N(CC)CC)cc1C. The molecule has 0 aliphatic carbocycles. The molecule has 1 aliphatic rings. The van der Waals surface area contributed by atoms with Gasteiger partial charge in [0.2, 0.25) is 0 Å². The summed E-state index contributed by atoms with van der Waals surface area (Å²) in [4.78, 5) is 12.5. The number of halogens is 1. The molecule has 0 N–H and O–H groups in total. The van der Waals surface area contributed by atoms with Gasteiger partial charge in [-0.3, -0.25) is 0 Å². The highest BCUT2D eigenvalue weighted by Gasteiger charge is 2.27. The Bertz CT molecular complexity index is 1350. The molecule has 43 heavy (non-hydrogen) atoms. The lowest BCUT2D eigenvalue weighted by Gasteiger charge is -2.21. The Morgan fingerprint density at radius 1 is 0.744 bits per heavy atom. The van der Waals surface area contributed by atoms with Gasteiger partial charge in [-0.2, -0.15) is 5.10 Å². The maximum absolute atomic E-state index is 6.35. The van der Waals surface area contributed by atoms with Crippen LogP contribution in [0.2, 0.25) is 5.02 Å². The van der Waals surface area contributed by atoms with E-state index in [0.29, 0.717) is 5.02 Å². The lowest BCUT2D eigenvalue weighted by Crippen LogP contribution is -2.21. The van der Waals surface area contributed by atoms with Gasteiger partial charge < -0.3 is 4.90 Å². The fourth-order valence-electron chi connectivity index (χ4n) is 6.21. The molecule has 1 aromatic heterocycles. The first-order valence-corrected chi connectivity index (χ1v) is 17.6. The van der Waals surface area contributed by atoms with Crippen LogP contribution in [0.1, 0.15) is 135 Å². The molecule has 0 unspecified atom stereocenters. The number of anilines is 1. The van der Waals surface area contributed by atoms with Crippen LogP contribution in [0.25, 0.3) is 11.0 Å². The lowest BCUT2D eigenvalue weighted by atomic mass is 10.0. The van der Waals surface area contributed by atoms with E-state index in [-0.39, 0.29) is 0 Å². The minimum Gasteiger partial charge on any atom is -0.372 e. The van der Waals surface area contributed by atoms with Gasteiger partial charge in [0.1, 0.15) is 5.71 Å². The van der Waals surface area contributed by atoms with Gasteiger partial charge in [0.25, 0.3) is 0 Å². The predicted molar refractivity (Wildman–Crippen MR) is 188 cm³/mol. The first-order chi connectivity index (χ1) is 21.0. The molecule has 2 heterocycles. The number of hydrogen-bond acceptors (Lipinski definition) is 4. The fraction of sp³-hybridized carbons (Fsp3) is 0.595. The van der Waals surface area contributed by atoms with E-state index in [1.54, 1.807) is 0 Å². The molecular formula is C37H54ClN5. The number of aromatic nitrogens is 2. The Morgan fingerprint density at radius 3 is 1.93 bits per heavy atom. The van der Waals surface area contributed by atoms with Gasteiger partial charge in [-0.1, -0.05) is 108 Å². The summed E-state index contributed by atoms with van der Waals surface area (Å²) in [6.07, 6.45) is 21.4. The van der Waals surface area contributed by atoms with E-state index in [1.807, 2.05) is 22.9 Å². The van der Waals surface area contributed by atoms with Crippen molar-refractivity contribution in [1.82, 2.24) is 9.66 Å². The number of aryl methyl sites for hydroxylation is 1. The minimum absolute atomic E-state index is 0.697. The minimum atomic E-state index is 0.697. The first-order valence-electron chi connectivity index (χ1n) is 17.3. The van der Waals surface area contributed by atoms with Crippen molar-refractivity contribution in [2.24, 2.45) is 10.1 Å². The molecule has 0 saturated carbocycles. The number of aliphatic imine (C=N–C) groups is 1. The summed E-state index contributed by atoms with van der Waals surface area (Å²) in [7, 11) is 0. The Morgan fingerprint density at radius 2 is 1.35 bits per heavy atom.